The molecule has 0 aromatic heterocycles. The summed E-state index contributed by atoms with van der Waals surface area (Å²) in [6.45, 7) is 0.690. The molecule has 0 saturated carbocycles. The predicted molar refractivity (Wildman–Crippen MR) is 104 cm³/mol. The maximum atomic E-state index is 14.4. The van der Waals surface area contributed by atoms with Crippen LogP contribution in [0.2, 0.25) is 0 Å². The number of hydrogen-bond acceptors (Lipinski definition) is 6. The Hall–Kier alpha value is -2.92. The average molecular weight is 435 g/mol. The van der Waals surface area contributed by atoms with Gasteiger partial charge in [0.2, 0.25) is 11.8 Å². The van der Waals surface area contributed by atoms with Gasteiger partial charge in [0.1, 0.15) is 6.04 Å². The SMILES string of the molecule is O=C1CCC(N2Cc3cc(CNC(=O)C(F)(F)C4CCNCN4)ccc3C2=O)C(=O)N1. The lowest BCUT2D eigenvalue weighted by molar-refractivity contribution is -0.151. The number of nitrogens with zero attached hydrogens (tertiary/aromatic N) is 1. The Labute approximate surface area is 176 Å². The summed E-state index contributed by atoms with van der Waals surface area (Å²) in [5.41, 5.74) is 1.64. The molecule has 4 N–H and O–H groups in total. The van der Waals surface area contributed by atoms with Gasteiger partial charge in [-0.15, -0.1) is 0 Å². The molecule has 166 valence electrons. The zero-order valence-electron chi connectivity index (χ0n) is 16.7. The second-order valence-corrected chi connectivity index (χ2v) is 7.92. The Morgan fingerprint density at radius 1 is 1.23 bits per heavy atom. The molecule has 0 spiro atoms. The Bertz CT molecular complexity index is 932. The Kier molecular flexibility index (Phi) is 5.71. The quantitative estimate of drug-likeness (QED) is 0.468. The van der Waals surface area contributed by atoms with Crippen molar-refractivity contribution in [2.75, 3.05) is 13.2 Å². The van der Waals surface area contributed by atoms with Gasteiger partial charge in [0.25, 0.3) is 11.8 Å². The van der Waals surface area contributed by atoms with Crippen LogP contribution in [-0.2, 0) is 27.5 Å². The van der Waals surface area contributed by atoms with Crippen molar-refractivity contribution in [3.05, 3.63) is 34.9 Å². The molecule has 1 aromatic carbocycles. The van der Waals surface area contributed by atoms with E-state index in [2.05, 4.69) is 21.3 Å². The Balaban J connectivity index is 1.40. The zero-order chi connectivity index (χ0) is 22.2. The van der Waals surface area contributed by atoms with Gasteiger partial charge in [-0.3, -0.25) is 29.8 Å². The van der Waals surface area contributed by atoms with Gasteiger partial charge in [-0.25, -0.2) is 0 Å². The van der Waals surface area contributed by atoms with Crippen LogP contribution >= 0.6 is 0 Å². The molecule has 2 atom stereocenters. The van der Waals surface area contributed by atoms with E-state index in [0.717, 1.165) is 0 Å². The molecular formula is C20H23F2N5O4. The summed E-state index contributed by atoms with van der Waals surface area (Å²) in [6, 6.07) is 2.87. The highest BCUT2D eigenvalue weighted by molar-refractivity contribution is 6.05. The van der Waals surface area contributed by atoms with Crippen LogP contribution in [0.25, 0.3) is 0 Å². The van der Waals surface area contributed by atoms with Crippen molar-refractivity contribution in [3.8, 4) is 0 Å². The summed E-state index contributed by atoms with van der Waals surface area (Å²) in [6.07, 6.45) is 0.554. The lowest BCUT2D eigenvalue weighted by Gasteiger charge is -2.30. The minimum Gasteiger partial charge on any atom is -0.347 e. The summed E-state index contributed by atoms with van der Waals surface area (Å²) in [5, 5.41) is 10.0. The molecule has 4 amide bonds. The van der Waals surface area contributed by atoms with Gasteiger partial charge in [0.05, 0.1) is 6.04 Å². The van der Waals surface area contributed by atoms with E-state index in [0.29, 0.717) is 23.2 Å². The van der Waals surface area contributed by atoms with Crippen molar-refractivity contribution in [1.82, 2.24) is 26.2 Å². The van der Waals surface area contributed by atoms with Crippen LogP contribution in [0.5, 0.6) is 0 Å². The first kappa shape index (κ1) is 21.3. The van der Waals surface area contributed by atoms with E-state index >= 15 is 0 Å². The number of amides is 4. The third kappa shape index (κ3) is 4.15. The number of nitrogens with one attached hydrogen (secondary N) is 4. The standard InChI is InChI=1S/C20H23F2N5O4/c21-20(22,15-5-6-23-10-25-15)19(31)24-8-11-1-2-13-12(7-11)9-27(18(13)30)14-3-4-16(28)26-17(14)29/h1-2,7,14-15,23,25H,3-6,8-10H2,(H,24,31)(H,26,28,29). The molecule has 3 aliphatic rings. The van der Waals surface area contributed by atoms with Gasteiger partial charge >= 0.3 is 5.92 Å². The molecule has 2 saturated heterocycles. The fourth-order valence-electron chi connectivity index (χ4n) is 4.14. The minimum atomic E-state index is -3.54. The highest BCUT2D eigenvalue weighted by Crippen LogP contribution is 2.28. The highest BCUT2D eigenvalue weighted by atomic mass is 19.3. The van der Waals surface area contributed by atoms with Crippen molar-refractivity contribution >= 4 is 23.6 Å². The van der Waals surface area contributed by atoms with Gasteiger partial charge in [0, 0.05) is 31.7 Å². The van der Waals surface area contributed by atoms with Gasteiger partial charge in [-0.2, -0.15) is 8.78 Å². The molecule has 0 radical (unpaired) electrons. The van der Waals surface area contributed by atoms with Crippen LogP contribution < -0.4 is 21.3 Å². The van der Waals surface area contributed by atoms with Crippen LogP contribution in [0.15, 0.2) is 18.2 Å². The molecule has 1 aromatic rings. The number of piperidine rings is 1. The van der Waals surface area contributed by atoms with Crippen LogP contribution in [0.1, 0.15) is 40.7 Å². The number of carbonyl (C=O) groups is 4. The summed E-state index contributed by atoms with van der Waals surface area (Å²) in [7, 11) is 0. The van der Waals surface area contributed by atoms with Crippen molar-refractivity contribution in [2.45, 2.75) is 50.4 Å². The van der Waals surface area contributed by atoms with Crippen LogP contribution in [0, 0.1) is 0 Å². The number of carbonyl (C=O) groups excluding carboxylic acids is 4. The largest absolute Gasteiger partial charge is 0.347 e. The van der Waals surface area contributed by atoms with Gasteiger partial charge in [0.15, 0.2) is 0 Å². The molecule has 9 nitrogen and oxygen atoms in total. The van der Waals surface area contributed by atoms with Crippen molar-refractivity contribution < 1.29 is 28.0 Å². The third-order valence-corrected chi connectivity index (χ3v) is 5.86. The number of hydrogen-bond donors (Lipinski definition) is 4. The van der Waals surface area contributed by atoms with E-state index in [-0.39, 0.29) is 50.8 Å². The summed E-state index contributed by atoms with van der Waals surface area (Å²) >= 11 is 0. The fraction of sp³-hybridized carbons (Fsp3) is 0.500. The van der Waals surface area contributed by atoms with E-state index in [4.69, 9.17) is 0 Å². The second-order valence-electron chi connectivity index (χ2n) is 7.92. The highest BCUT2D eigenvalue weighted by Gasteiger charge is 2.47. The first-order valence-corrected chi connectivity index (χ1v) is 10.1. The van der Waals surface area contributed by atoms with E-state index in [1.165, 1.54) is 4.90 Å². The van der Waals surface area contributed by atoms with Crippen molar-refractivity contribution in [3.63, 3.8) is 0 Å². The molecule has 3 heterocycles. The van der Waals surface area contributed by atoms with Crippen molar-refractivity contribution in [1.29, 1.82) is 0 Å². The third-order valence-electron chi connectivity index (χ3n) is 5.86. The molecule has 0 aliphatic carbocycles. The van der Waals surface area contributed by atoms with E-state index in [1.54, 1.807) is 18.2 Å². The molecule has 2 fully saturated rings. The molecule has 11 heteroatoms. The maximum Gasteiger partial charge on any atom is 0.339 e. The number of benzene rings is 1. The van der Waals surface area contributed by atoms with Crippen LogP contribution in [-0.4, -0.2) is 59.7 Å². The lowest BCUT2D eigenvalue weighted by atomic mass is 10.0. The molecule has 3 aliphatic heterocycles. The smallest absolute Gasteiger partial charge is 0.339 e. The predicted octanol–water partition coefficient (Wildman–Crippen LogP) is -0.392. The molecular weight excluding hydrogens is 412 g/mol. The topological polar surface area (TPSA) is 120 Å². The summed E-state index contributed by atoms with van der Waals surface area (Å²) in [5.74, 6) is -6.08. The molecule has 31 heavy (non-hydrogen) atoms. The number of alkyl halides is 2. The Morgan fingerprint density at radius 2 is 2.03 bits per heavy atom. The maximum absolute atomic E-state index is 14.4. The van der Waals surface area contributed by atoms with E-state index in [9.17, 15) is 28.0 Å². The summed E-state index contributed by atoms with van der Waals surface area (Å²) < 4.78 is 28.8. The monoisotopic (exact) mass is 435 g/mol. The van der Waals surface area contributed by atoms with Crippen molar-refractivity contribution in [2.24, 2.45) is 0 Å². The second kappa shape index (κ2) is 8.31. The summed E-state index contributed by atoms with van der Waals surface area (Å²) in [4.78, 5) is 49.6. The fourth-order valence-corrected chi connectivity index (χ4v) is 4.14. The number of halogens is 2. The van der Waals surface area contributed by atoms with Crippen LogP contribution in [0.4, 0.5) is 8.78 Å². The average Bonchev–Trinajstić information content (AvgIpc) is 3.08. The molecule has 4 rings (SSSR count). The normalized spacial score (nSPS) is 24.1. The first-order chi connectivity index (χ1) is 14.8. The number of rotatable bonds is 5. The van der Waals surface area contributed by atoms with Gasteiger partial charge < -0.3 is 15.5 Å². The first-order valence-electron chi connectivity index (χ1n) is 10.1. The lowest BCUT2D eigenvalue weighted by Crippen LogP contribution is -2.59. The molecule has 0 bridgehead atoms. The number of imide groups is 1. The van der Waals surface area contributed by atoms with Gasteiger partial charge in [-0.05, 0) is 36.6 Å². The van der Waals surface area contributed by atoms with Crippen LogP contribution in [0.3, 0.4) is 0 Å². The van der Waals surface area contributed by atoms with E-state index < -0.39 is 29.8 Å². The Morgan fingerprint density at radius 3 is 2.74 bits per heavy atom. The minimum absolute atomic E-state index is 0.112. The van der Waals surface area contributed by atoms with Gasteiger partial charge in [-0.1, -0.05) is 12.1 Å². The number of fused-ring (bicyclic) bond motifs is 1. The zero-order valence-corrected chi connectivity index (χ0v) is 16.7. The molecule has 2 unspecified atom stereocenters. The van der Waals surface area contributed by atoms with E-state index in [1.807, 2.05) is 0 Å².